The Bertz CT molecular complexity index is 525. The molecule has 2 aliphatic heterocycles. The molecule has 3 N–H and O–H groups in total. The van der Waals surface area contributed by atoms with Gasteiger partial charge in [-0.3, -0.25) is 4.99 Å². The van der Waals surface area contributed by atoms with Gasteiger partial charge >= 0.3 is 0 Å². The molecule has 2 heterocycles. The monoisotopic (exact) mass is 272 g/mol. The summed E-state index contributed by atoms with van der Waals surface area (Å²) in [6.07, 6.45) is 2.25. The minimum atomic E-state index is 0.0673. The summed E-state index contributed by atoms with van der Waals surface area (Å²) in [6, 6.07) is 8.59. The molecule has 1 saturated heterocycles. The molecule has 3 rings (SSSR count). The second kappa shape index (κ2) is 5.09. The molecule has 2 atom stereocenters. The zero-order chi connectivity index (χ0) is 14.2. The van der Waals surface area contributed by atoms with Crippen LogP contribution in [0.4, 0.5) is 5.69 Å². The number of nitrogens with two attached hydrogens (primary N) is 1. The second-order valence-electron chi connectivity index (χ2n) is 6.01. The zero-order valence-corrected chi connectivity index (χ0v) is 12.4. The Kier molecular flexibility index (Phi) is 3.42. The van der Waals surface area contributed by atoms with Crippen molar-refractivity contribution in [2.45, 2.75) is 32.2 Å². The average molecular weight is 272 g/mol. The van der Waals surface area contributed by atoms with Crippen molar-refractivity contribution in [2.75, 3.05) is 24.5 Å². The minimum absolute atomic E-state index is 0.0673. The van der Waals surface area contributed by atoms with E-state index in [4.69, 9.17) is 5.73 Å². The Labute approximate surface area is 121 Å². The van der Waals surface area contributed by atoms with Crippen molar-refractivity contribution in [2.24, 2.45) is 16.6 Å². The van der Waals surface area contributed by atoms with Gasteiger partial charge in [0.05, 0.1) is 12.1 Å². The molecular weight excluding hydrogens is 248 g/mol. The number of anilines is 1. The fraction of sp³-hybridized carbons (Fsp3) is 0.562. The zero-order valence-electron chi connectivity index (χ0n) is 12.4. The maximum atomic E-state index is 6.24. The van der Waals surface area contributed by atoms with Gasteiger partial charge in [0.15, 0.2) is 5.96 Å². The molecule has 1 spiro atoms. The summed E-state index contributed by atoms with van der Waals surface area (Å²) in [4.78, 5) is 6.89. The van der Waals surface area contributed by atoms with Crippen LogP contribution in [0.5, 0.6) is 0 Å². The summed E-state index contributed by atoms with van der Waals surface area (Å²) in [5, 5.41) is 3.52. The van der Waals surface area contributed by atoms with Gasteiger partial charge in [-0.15, -0.1) is 0 Å². The molecule has 0 saturated carbocycles. The molecule has 108 valence electrons. The predicted molar refractivity (Wildman–Crippen MR) is 84.1 cm³/mol. The molecule has 20 heavy (non-hydrogen) atoms. The number of hydrogen-bond acceptors (Lipinski definition) is 4. The van der Waals surface area contributed by atoms with Crippen LogP contribution in [0.25, 0.3) is 0 Å². The standard InChI is InChI=1S/C16H24N4/c1-3-13-10-18-8-7-16(13)11-19-15(17)20(16)14-6-4-5-12(2)9-14/h4-6,9,13,18H,3,7-8,10-11H2,1-2H3,(H2,17,19). The van der Waals surface area contributed by atoms with Crippen LogP contribution in [0.1, 0.15) is 25.3 Å². The first-order valence-electron chi connectivity index (χ1n) is 7.55. The summed E-state index contributed by atoms with van der Waals surface area (Å²) in [7, 11) is 0. The molecule has 4 nitrogen and oxygen atoms in total. The third-order valence-corrected chi connectivity index (χ3v) is 4.83. The van der Waals surface area contributed by atoms with Crippen molar-refractivity contribution in [3.8, 4) is 0 Å². The van der Waals surface area contributed by atoms with Gasteiger partial charge in [-0.25, -0.2) is 0 Å². The van der Waals surface area contributed by atoms with Crippen molar-refractivity contribution in [3.63, 3.8) is 0 Å². The van der Waals surface area contributed by atoms with E-state index >= 15 is 0 Å². The van der Waals surface area contributed by atoms with E-state index in [0.717, 1.165) is 32.5 Å². The number of rotatable bonds is 2. The Morgan fingerprint density at radius 1 is 1.50 bits per heavy atom. The molecule has 4 heteroatoms. The quantitative estimate of drug-likeness (QED) is 0.864. The molecule has 0 bridgehead atoms. The third kappa shape index (κ3) is 1.99. The lowest BCUT2D eigenvalue weighted by molar-refractivity contribution is 0.217. The maximum absolute atomic E-state index is 6.24. The Morgan fingerprint density at radius 2 is 2.35 bits per heavy atom. The van der Waals surface area contributed by atoms with E-state index in [2.05, 4.69) is 53.3 Å². The molecule has 0 aliphatic carbocycles. The summed E-state index contributed by atoms with van der Waals surface area (Å²) < 4.78 is 0. The number of hydrogen-bond donors (Lipinski definition) is 2. The Hall–Kier alpha value is -1.55. The highest BCUT2D eigenvalue weighted by atomic mass is 15.4. The summed E-state index contributed by atoms with van der Waals surface area (Å²) in [5.74, 6) is 1.26. The van der Waals surface area contributed by atoms with Gasteiger partial charge in [0.25, 0.3) is 0 Å². The largest absolute Gasteiger partial charge is 0.369 e. The van der Waals surface area contributed by atoms with Gasteiger partial charge in [-0.05, 0) is 49.9 Å². The number of aliphatic imine (C=N–C) groups is 1. The van der Waals surface area contributed by atoms with Crippen LogP contribution in [0.3, 0.4) is 0 Å². The van der Waals surface area contributed by atoms with E-state index in [1.807, 2.05) is 0 Å². The highest BCUT2D eigenvalue weighted by Crippen LogP contribution is 2.40. The Morgan fingerprint density at radius 3 is 3.10 bits per heavy atom. The van der Waals surface area contributed by atoms with Crippen LogP contribution in [0.2, 0.25) is 0 Å². The molecular formula is C16H24N4. The number of aryl methyl sites for hydroxylation is 1. The third-order valence-electron chi connectivity index (χ3n) is 4.83. The van der Waals surface area contributed by atoms with Crippen LogP contribution in [-0.2, 0) is 0 Å². The first kappa shape index (κ1) is 13.4. The van der Waals surface area contributed by atoms with Gasteiger partial charge in [0.1, 0.15) is 0 Å². The number of nitrogens with one attached hydrogen (secondary N) is 1. The van der Waals surface area contributed by atoms with E-state index < -0.39 is 0 Å². The molecule has 0 aromatic heterocycles. The molecule has 0 radical (unpaired) electrons. The summed E-state index contributed by atoms with van der Waals surface area (Å²) >= 11 is 0. The van der Waals surface area contributed by atoms with Crippen molar-refractivity contribution in [1.29, 1.82) is 0 Å². The van der Waals surface area contributed by atoms with E-state index in [1.165, 1.54) is 11.3 Å². The number of benzene rings is 1. The smallest absolute Gasteiger partial charge is 0.196 e. The SMILES string of the molecule is CCC1CNCCC12CN=C(N)N2c1cccc(C)c1. The van der Waals surface area contributed by atoms with Crippen molar-refractivity contribution < 1.29 is 0 Å². The first-order valence-corrected chi connectivity index (χ1v) is 7.55. The van der Waals surface area contributed by atoms with Gasteiger partial charge in [-0.2, -0.15) is 0 Å². The van der Waals surface area contributed by atoms with Crippen molar-refractivity contribution in [3.05, 3.63) is 29.8 Å². The summed E-state index contributed by atoms with van der Waals surface area (Å²) in [5.41, 5.74) is 8.75. The fourth-order valence-corrected chi connectivity index (χ4v) is 3.75. The lowest BCUT2D eigenvalue weighted by atomic mass is 9.76. The molecule has 2 unspecified atom stereocenters. The fourth-order valence-electron chi connectivity index (χ4n) is 3.75. The lowest BCUT2D eigenvalue weighted by Gasteiger charge is -2.47. The highest BCUT2D eigenvalue weighted by Gasteiger charge is 2.49. The van der Waals surface area contributed by atoms with E-state index in [-0.39, 0.29) is 5.54 Å². The maximum Gasteiger partial charge on any atom is 0.196 e. The summed E-state index contributed by atoms with van der Waals surface area (Å²) in [6.45, 7) is 7.32. The van der Waals surface area contributed by atoms with E-state index in [0.29, 0.717) is 11.9 Å². The number of nitrogens with zero attached hydrogens (tertiary/aromatic N) is 2. The lowest BCUT2D eigenvalue weighted by Crippen LogP contribution is -2.62. The van der Waals surface area contributed by atoms with Crippen LogP contribution in [0.15, 0.2) is 29.3 Å². The first-order chi connectivity index (χ1) is 9.67. The Balaban J connectivity index is 2.03. The van der Waals surface area contributed by atoms with Gasteiger partial charge < -0.3 is 16.0 Å². The molecule has 1 fully saturated rings. The van der Waals surface area contributed by atoms with E-state index in [1.54, 1.807) is 0 Å². The van der Waals surface area contributed by atoms with Crippen LogP contribution in [-0.4, -0.2) is 31.1 Å². The normalized spacial score (nSPS) is 29.8. The van der Waals surface area contributed by atoms with Crippen LogP contribution >= 0.6 is 0 Å². The molecule has 0 amide bonds. The minimum Gasteiger partial charge on any atom is -0.369 e. The number of guanidine groups is 1. The molecule has 1 aromatic rings. The van der Waals surface area contributed by atoms with Crippen LogP contribution < -0.4 is 16.0 Å². The van der Waals surface area contributed by atoms with Gasteiger partial charge in [0.2, 0.25) is 0 Å². The van der Waals surface area contributed by atoms with Gasteiger partial charge in [-0.1, -0.05) is 19.1 Å². The highest BCUT2D eigenvalue weighted by molar-refractivity contribution is 5.98. The van der Waals surface area contributed by atoms with Crippen molar-refractivity contribution in [1.82, 2.24) is 5.32 Å². The molecule has 2 aliphatic rings. The predicted octanol–water partition coefficient (Wildman–Crippen LogP) is 1.89. The van der Waals surface area contributed by atoms with Crippen molar-refractivity contribution >= 4 is 11.6 Å². The van der Waals surface area contributed by atoms with E-state index in [9.17, 15) is 0 Å². The van der Waals surface area contributed by atoms with Gasteiger partial charge in [0, 0.05) is 12.2 Å². The number of piperidine rings is 1. The van der Waals surface area contributed by atoms with Crippen LogP contribution in [0, 0.1) is 12.8 Å². The topological polar surface area (TPSA) is 53.6 Å². The molecule has 1 aromatic carbocycles. The average Bonchev–Trinajstić information content (AvgIpc) is 2.77. The second-order valence-corrected chi connectivity index (χ2v) is 6.01.